The van der Waals surface area contributed by atoms with Crippen molar-refractivity contribution >= 4 is 87.0 Å². The molecule has 13 aromatic rings. The van der Waals surface area contributed by atoms with Crippen molar-refractivity contribution in [2.24, 2.45) is 0 Å². The predicted octanol–water partition coefficient (Wildman–Crippen LogP) is 16.8. The summed E-state index contributed by atoms with van der Waals surface area (Å²) in [5.74, 6) is 0. The molecule has 0 spiro atoms. The van der Waals surface area contributed by atoms with Gasteiger partial charge in [0.05, 0.1) is 46.6 Å². The molecular formula is C58H34O2. The SMILES string of the molecule is [2H]c1c([2H])c(-c2c3c([2H])c([2H])c([2H])c([2H])c3c(-c3c([2H])c([2H])c(-c4c([2H])c([2H])c5c(oc6c([2H])c([2H])c7oc8c([2H])c([2H])c([2H])c([2H])c8c7c65)c4[2H])c4c([2H])c([2H])c([2H])c([2H])c34)c3c([2H])c([2H])c([2H])c([2H])c23)c([2H])c([2H])c1-c1c([2H])c([2H])c2c([2H])c([2H])c([2H])c([2H])c2c1[2H]. The molecule has 0 saturated heterocycles. The zero-order valence-corrected chi connectivity index (χ0v) is 29.8. The average Bonchev–Trinajstić information content (AvgIpc) is 1.54. The fraction of sp³-hybridized carbons (Fsp3) is 0. The second-order valence-electron chi connectivity index (χ2n) is 13.3. The molecular weight excluding hydrogens is 729 g/mol. The van der Waals surface area contributed by atoms with Crippen molar-refractivity contribution in [1.29, 1.82) is 0 Å². The van der Waals surface area contributed by atoms with Crippen molar-refractivity contribution in [2.75, 3.05) is 0 Å². The van der Waals surface area contributed by atoms with E-state index in [2.05, 4.69) is 0 Å². The Kier molecular flexibility index (Phi) is 3.01. The van der Waals surface area contributed by atoms with Crippen LogP contribution in [0.15, 0.2) is 214 Å². The normalized spacial score (nSPS) is 19.9. The van der Waals surface area contributed by atoms with Crippen LogP contribution in [0.4, 0.5) is 0 Å². The van der Waals surface area contributed by atoms with Gasteiger partial charge >= 0.3 is 0 Å². The van der Waals surface area contributed by atoms with Gasteiger partial charge in [0, 0.05) is 21.5 Å². The molecule has 0 fully saturated rings. The first-order chi connectivity index (χ1) is 43.9. The van der Waals surface area contributed by atoms with E-state index in [0.717, 1.165) is 0 Å². The Balaban J connectivity index is 1.20. The summed E-state index contributed by atoms with van der Waals surface area (Å²) in [5.41, 5.74) is -9.15. The first-order valence-corrected chi connectivity index (χ1v) is 17.8. The second-order valence-corrected chi connectivity index (χ2v) is 13.3. The first-order valence-electron chi connectivity index (χ1n) is 34.8. The van der Waals surface area contributed by atoms with Gasteiger partial charge in [-0.1, -0.05) is 169 Å². The quantitative estimate of drug-likeness (QED) is 0.166. The molecule has 0 aliphatic carbocycles. The summed E-state index contributed by atoms with van der Waals surface area (Å²) in [6, 6.07) is -33.4. The Bertz CT molecular complexity index is 5800. The van der Waals surface area contributed by atoms with Gasteiger partial charge in [-0.25, -0.2) is 0 Å². The van der Waals surface area contributed by atoms with E-state index in [1.165, 1.54) is 0 Å². The summed E-state index contributed by atoms with van der Waals surface area (Å²) in [6.45, 7) is 0. The molecule has 0 amide bonds. The van der Waals surface area contributed by atoms with E-state index >= 15 is 0 Å². The number of hydrogen-bond acceptors (Lipinski definition) is 2. The Morgan fingerprint density at radius 2 is 0.750 bits per heavy atom. The molecule has 2 heteroatoms. The van der Waals surface area contributed by atoms with E-state index in [4.69, 9.17) is 33.5 Å². The maximum absolute atomic E-state index is 10.1. The molecule has 0 saturated carbocycles. The first kappa shape index (κ1) is 14.1. The molecule has 0 bridgehead atoms. The molecule has 0 aliphatic rings. The third kappa shape index (κ3) is 4.88. The second kappa shape index (κ2) is 12.8. The van der Waals surface area contributed by atoms with Crippen LogP contribution in [-0.4, -0.2) is 0 Å². The van der Waals surface area contributed by atoms with E-state index in [0.29, 0.717) is 0 Å². The van der Waals surface area contributed by atoms with Crippen LogP contribution in [-0.2, 0) is 0 Å². The fourth-order valence-electron chi connectivity index (χ4n) is 7.53. The lowest BCUT2D eigenvalue weighted by atomic mass is 9.83. The number of para-hydroxylation sites is 1. The number of rotatable bonds is 4. The maximum Gasteiger partial charge on any atom is 0.136 e. The van der Waals surface area contributed by atoms with E-state index < -0.39 is 321 Å². The minimum absolute atomic E-state index is 0.274. The van der Waals surface area contributed by atoms with Crippen LogP contribution in [0.5, 0.6) is 0 Å². The molecule has 2 aromatic heterocycles. The highest BCUT2D eigenvalue weighted by molar-refractivity contribution is 6.27. The molecule has 0 unspecified atom stereocenters. The van der Waals surface area contributed by atoms with Gasteiger partial charge in [-0.15, -0.1) is 0 Å². The van der Waals surface area contributed by atoms with Crippen LogP contribution in [0.3, 0.4) is 0 Å². The summed E-state index contributed by atoms with van der Waals surface area (Å²) in [6.07, 6.45) is 0. The van der Waals surface area contributed by atoms with Crippen LogP contribution in [0.1, 0.15) is 46.6 Å². The lowest BCUT2D eigenvalue weighted by molar-refractivity contribution is 0.663. The number of benzene rings is 11. The monoisotopic (exact) mass is 796 g/mol. The molecule has 60 heavy (non-hydrogen) atoms. The topological polar surface area (TPSA) is 26.3 Å². The minimum atomic E-state index is -1.19. The van der Waals surface area contributed by atoms with Crippen molar-refractivity contribution in [3.63, 3.8) is 0 Å². The Hall–Kier alpha value is -7.94. The van der Waals surface area contributed by atoms with Crippen LogP contribution >= 0.6 is 0 Å². The highest BCUT2D eigenvalue weighted by Crippen LogP contribution is 2.47. The molecule has 2 nitrogen and oxygen atoms in total. The van der Waals surface area contributed by atoms with Crippen LogP contribution in [0, 0.1) is 0 Å². The van der Waals surface area contributed by atoms with Gasteiger partial charge in [0.2, 0.25) is 0 Å². The Morgan fingerprint density at radius 3 is 1.45 bits per heavy atom. The molecule has 0 atom stereocenters. The van der Waals surface area contributed by atoms with Crippen molar-refractivity contribution < 1.29 is 55.4 Å². The zero-order chi connectivity index (χ0) is 68.9. The van der Waals surface area contributed by atoms with Crippen molar-refractivity contribution in [3.05, 3.63) is 205 Å². The lowest BCUT2D eigenvalue weighted by Crippen LogP contribution is -1.92. The predicted molar refractivity (Wildman–Crippen MR) is 253 cm³/mol. The number of fused-ring (bicyclic) bond motifs is 11. The molecule has 278 valence electrons. The van der Waals surface area contributed by atoms with Gasteiger partial charge in [-0.05, 0) is 124 Å². The minimum Gasteiger partial charge on any atom is -0.456 e. The fourth-order valence-corrected chi connectivity index (χ4v) is 7.53. The van der Waals surface area contributed by atoms with E-state index in [-0.39, 0.29) is 16.2 Å². The lowest BCUT2D eigenvalue weighted by Gasteiger charge is -2.20. The molecule has 2 heterocycles. The van der Waals surface area contributed by atoms with E-state index in [1.807, 2.05) is 0 Å². The van der Waals surface area contributed by atoms with Gasteiger partial charge in [0.1, 0.15) is 22.3 Å². The van der Waals surface area contributed by atoms with Crippen molar-refractivity contribution in [2.45, 2.75) is 0 Å². The van der Waals surface area contributed by atoms with E-state index in [9.17, 15) is 21.9 Å². The highest BCUT2D eigenvalue weighted by Gasteiger charge is 2.21. The summed E-state index contributed by atoms with van der Waals surface area (Å²) >= 11 is 0. The molecule has 0 aliphatic heterocycles. The molecule has 0 N–H and O–H groups in total. The van der Waals surface area contributed by atoms with Crippen LogP contribution < -0.4 is 0 Å². The highest BCUT2D eigenvalue weighted by atomic mass is 16.3. The largest absolute Gasteiger partial charge is 0.456 e. The van der Waals surface area contributed by atoms with Crippen molar-refractivity contribution in [1.82, 2.24) is 0 Å². The van der Waals surface area contributed by atoms with Crippen LogP contribution in [0.25, 0.3) is 131 Å². The average molecular weight is 797 g/mol. The van der Waals surface area contributed by atoms with Gasteiger partial charge in [0.15, 0.2) is 0 Å². The zero-order valence-electron chi connectivity index (χ0n) is 63.8. The van der Waals surface area contributed by atoms with Gasteiger partial charge in [-0.2, -0.15) is 0 Å². The van der Waals surface area contributed by atoms with Gasteiger partial charge in [0.25, 0.3) is 0 Å². The summed E-state index contributed by atoms with van der Waals surface area (Å²) < 4.78 is 324. The Labute approximate surface area is 392 Å². The smallest absolute Gasteiger partial charge is 0.136 e. The summed E-state index contributed by atoms with van der Waals surface area (Å²) in [4.78, 5) is 0. The standard InChI is InChI=1S/C58H34O2/c1-2-12-38-33-39(26-23-35(38)11-1)36-21-24-37(25-22-36)55-44-15-5-7-17-46(44)56(47-18-8-6-16-45(47)55)48-30-29-41(42-13-3-4-14-43(42)48)40-27-28-50-54(34-40)60-53-32-31-52-57(58(50)53)49-19-9-10-20-51(49)59-52/h1-34H/i1D,2D,3D,4D,5D,6D,7D,8D,9D,10D,11D,12D,13D,14D,15D,16D,17D,18D,19D,20D,21D,22D,23D,24D,25D,26D,27D,28D,29D,30D,31D,32D,33D,34D. The van der Waals surface area contributed by atoms with Gasteiger partial charge in [-0.3, -0.25) is 0 Å². The van der Waals surface area contributed by atoms with Crippen LogP contribution in [0.2, 0.25) is 0 Å². The van der Waals surface area contributed by atoms with Crippen molar-refractivity contribution in [3.8, 4) is 44.5 Å². The summed E-state index contributed by atoms with van der Waals surface area (Å²) in [5, 5.41) is -7.78. The third-order valence-electron chi connectivity index (χ3n) is 10.1. The number of hydrogen-bond donors (Lipinski definition) is 0. The summed E-state index contributed by atoms with van der Waals surface area (Å²) in [7, 11) is 0. The van der Waals surface area contributed by atoms with E-state index in [1.54, 1.807) is 0 Å². The third-order valence-corrected chi connectivity index (χ3v) is 10.1. The molecule has 13 rings (SSSR count). The molecule has 0 radical (unpaired) electrons. The Morgan fingerprint density at radius 1 is 0.267 bits per heavy atom. The maximum atomic E-state index is 10.1. The van der Waals surface area contributed by atoms with Gasteiger partial charge < -0.3 is 8.83 Å². The number of furan rings is 2. The molecule has 11 aromatic carbocycles.